The fourth-order valence-electron chi connectivity index (χ4n) is 2.17. The second kappa shape index (κ2) is 7.33. The van der Waals surface area contributed by atoms with E-state index >= 15 is 0 Å². The highest BCUT2D eigenvalue weighted by molar-refractivity contribution is 5.64. The minimum absolute atomic E-state index is 0.626. The van der Waals surface area contributed by atoms with E-state index < -0.39 is 0 Å². The number of hydrogen-bond donors (Lipinski definition) is 0. The third-order valence-corrected chi connectivity index (χ3v) is 3.16. The summed E-state index contributed by atoms with van der Waals surface area (Å²) in [6, 6.07) is 20.6. The number of nitrogens with zero attached hydrogens (tertiary/aromatic N) is 1. The summed E-state index contributed by atoms with van der Waals surface area (Å²) in [5, 5.41) is 0. The predicted molar refractivity (Wildman–Crippen MR) is 86.0 cm³/mol. The van der Waals surface area contributed by atoms with Crippen molar-refractivity contribution < 1.29 is 0 Å². The Morgan fingerprint density at radius 3 is 2.20 bits per heavy atom. The topological polar surface area (TPSA) is 3.24 Å². The van der Waals surface area contributed by atoms with Gasteiger partial charge in [0.05, 0.1) is 6.54 Å². The van der Waals surface area contributed by atoms with Crippen LogP contribution in [0.5, 0.6) is 0 Å². The van der Waals surface area contributed by atoms with Crippen LogP contribution in [0.15, 0.2) is 67.2 Å². The Labute approximate surface area is 121 Å². The highest BCUT2D eigenvalue weighted by Crippen LogP contribution is 2.14. The van der Waals surface area contributed by atoms with E-state index in [0.29, 0.717) is 6.54 Å². The lowest BCUT2D eigenvalue weighted by atomic mass is 10.1. The summed E-state index contributed by atoms with van der Waals surface area (Å²) in [5.74, 6) is 2.73. The van der Waals surface area contributed by atoms with Crippen molar-refractivity contribution in [3.8, 4) is 12.3 Å². The minimum atomic E-state index is 0.626. The number of benzene rings is 2. The lowest BCUT2D eigenvalue weighted by Crippen LogP contribution is -2.25. The van der Waals surface area contributed by atoms with E-state index in [1.54, 1.807) is 0 Å². The average molecular weight is 261 g/mol. The van der Waals surface area contributed by atoms with Gasteiger partial charge in [-0.3, -0.25) is 4.90 Å². The van der Waals surface area contributed by atoms with Crippen molar-refractivity contribution in [2.75, 3.05) is 13.1 Å². The Kier molecular flexibility index (Phi) is 5.17. The summed E-state index contributed by atoms with van der Waals surface area (Å²) in [4.78, 5) is 2.23. The van der Waals surface area contributed by atoms with Crippen LogP contribution in [0.3, 0.4) is 0 Å². The second-order valence-electron chi connectivity index (χ2n) is 4.80. The molecule has 2 aromatic rings. The van der Waals surface area contributed by atoms with Gasteiger partial charge in [-0.1, -0.05) is 73.2 Å². The fourth-order valence-corrected chi connectivity index (χ4v) is 2.17. The number of rotatable bonds is 6. The average Bonchev–Trinajstić information content (AvgIpc) is 2.49. The first-order valence-electron chi connectivity index (χ1n) is 6.72. The number of terminal acetylenes is 1. The van der Waals surface area contributed by atoms with Crippen LogP contribution in [0.1, 0.15) is 11.1 Å². The monoisotopic (exact) mass is 261 g/mol. The second-order valence-corrected chi connectivity index (χ2v) is 4.80. The van der Waals surface area contributed by atoms with Crippen LogP contribution in [0, 0.1) is 12.3 Å². The molecule has 0 bridgehead atoms. The first kappa shape index (κ1) is 14.1. The van der Waals surface area contributed by atoms with Crippen molar-refractivity contribution in [2.24, 2.45) is 0 Å². The molecule has 0 saturated carbocycles. The molecule has 2 rings (SSSR count). The van der Waals surface area contributed by atoms with Crippen LogP contribution in [0.2, 0.25) is 0 Å². The van der Waals surface area contributed by atoms with Gasteiger partial charge >= 0.3 is 0 Å². The molecule has 0 N–H and O–H groups in total. The molecule has 0 atom stereocenters. The molecule has 0 spiro atoms. The zero-order valence-corrected chi connectivity index (χ0v) is 11.6. The normalized spacial score (nSPS) is 10.2. The summed E-state index contributed by atoms with van der Waals surface area (Å²) >= 11 is 0. The van der Waals surface area contributed by atoms with Crippen molar-refractivity contribution in [1.29, 1.82) is 0 Å². The van der Waals surface area contributed by atoms with Gasteiger partial charge in [0.1, 0.15) is 0 Å². The van der Waals surface area contributed by atoms with Crippen LogP contribution in [-0.2, 0) is 6.54 Å². The molecule has 0 fully saturated rings. The summed E-state index contributed by atoms with van der Waals surface area (Å²) in [6.45, 7) is 6.43. The molecule has 100 valence electrons. The highest BCUT2D eigenvalue weighted by atomic mass is 15.1. The van der Waals surface area contributed by atoms with Crippen LogP contribution in [0.25, 0.3) is 5.57 Å². The van der Waals surface area contributed by atoms with Crippen LogP contribution in [-0.4, -0.2) is 18.0 Å². The van der Waals surface area contributed by atoms with Crippen molar-refractivity contribution in [2.45, 2.75) is 6.54 Å². The molecule has 1 nitrogen and oxygen atoms in total. The summed E-state index contributed by atoms with van der Waals surface area (Å²) in [5.41, 5.74) is 3.53. The third kappa shape index (κ3) is 4.12. The molecule has 0 aliphatic rings. The van der Waals surface area contributed by atoms with Gasteiger partial charge in [-0.15, -0.1) is 6.42 Å². The quantitative estimate of drug-likeness (QED) is 0.714. The molecule has 0 aliphatic carbocycles. The fraction of sp³-hybridized carbons (Fsp3) is 0.158. The summed E-state index contributed by atoms with van der Waals surface area (Å²) in [7, 11) is 0. The van der Waals surface area contributed by atoms with Crippen molar-refractivity contribution in [3.63, 3.8) is 0 Å². The first-order chi connectivity index (χ1) is 9.79. The maximum Gasteiger partial charge on any atom is 0.0605 e. The first-order valence-corrected chi connectivity index (χ1v) is 6.72. The van der Waals surface area contributed by atoms with Gasteiger partial charge in [0.25, 0.3) is 0 Å². The SMILES string of the molecule is C#CCN(CC(=C)c1ccccc1)Cc1ccccc1. The van der Waals surface area contributed by atoms with Gasteiger partial charge in [0.2, 0.25) is 0 Å². The van der Waals surface area contributed by atoms with Gasteiger partial charge in [0, 0.05) is 13.1 Å². The Hall–Kier alpha value is -2.30. The molecule has 2 aromatic carbocycles. The van der Waals surface area contributed by atoms with Gasteiger partial charge < -0.3 is 0 Å². The highest BCUT2D eigenvalue weighted by Gasteiger charge is 2.07. The predicted octanol–water partition coefficient (Wildman–Crippen LogP) is 3.84. The van der Waals surface area contributed by atoms with E-state index in [1.165, 1.54) is 11.1 Å². The van der Waals surface area contributed by atoms with Crippen LogP contribution >= 0.6 is 0 Å². The largest absolute Gasteiger partial charge is 0.284 e. The van der Waals surface area contributed by atoms with Crippen molar-refractivity contribution in [1.82, 2.24) is 4.90 Å². The summed E-state index contributed by atoms with van der Waals surface area (Å²) in [6.07, 6.45) is 5.48. The Morgan fingerprint density at radius 1 is 1.00 bits per heavy atom. The Morgan fingerprint density at radius 2 is 1.60 bits per heavy atom. The van der Waals surface area contributed by atoms with Crippen LogP contribution < -0.4 is 0 Å². The standard InChI is InChI=1S/C19H19N/c1-3-14-20(16-18-10-6-4-7-11-18)15-17(2)19-12-8-5-9-13-19/h1,4-13H,2,14-16H2. The lowest BCUT2D eigenvalue weighted by Gasteiger charge is -2.21. The molecule has 0 saturated heterocycles. The minimum Gasteiger partial charge on any atom is -0.284 e. The van der Waals surface area contributed by atoms with E-state index in [9.17, 15) is 0 Å². The Bertz CT molecular complexity index is 578. The number of hydrogen-bond acceptors (Lipinski definition) is 1. The molecule has 20 heavy (non-hydrogen) atoms. The molecular weight excluding hydrogens is 242 g/mol. The lowest BCUT2D eigenvalue weighted by molar-refractivity contribution is 0.337. The molecule has 1 heteroatoms. The summed E-state index contributed by atoms with van der Waals surface area (Å²) < 4.78 is 0. The van der Waals surface area contributed by atoms with Gasteiger partial charge in [-0.05, 0) is 16.7 Å². The molecule has 0 aliphatic heterocycles. The van der Waals surface area contributed by atoms with E-state index in [0.717, 1.165) is 18.7 Å². The molecule has 0 unspecified atom stereocenters. The van der Waals surface area contributed by atoms with E-state index in [-0.39, 0.29) is 0 Å². The van der Waals surface area contributed by atoms with E-state index in [4.69, 9.17) is 6.42 Å². The zero-order chi connectivity index (χ0) is 14.2. The molecule has 0 amide bonds. The van der Waals surface area contributed by atoms with E-state index in [2.05, 4.69) is 53.8 Å². The maximum atomic E-state index is 5.48. The molecule has 0 heterocycles. The smallest absolute Gasteiger partial charge is 0.0605 e. The van der Waals surface area contributed by atoms with E-state index in [1.807, 2.05) is 24.3 Å². The van der Waals surface area contributed by atoms with Crippen molar-refractivity contribution in [3.05, 3.63) is 78.4 Å². The zero-order valence-electron chi connectivity index (χ0n) is 11.6. The van der Waals surface area contributed by atoms with Gasteiger partial charge in [-0.2, -0.15) is 0 Å². The van der Waals surface area contributed by atoms with Gasteiger partial charge in [0.15, 0.2) is 0 Å². The molecular formula is C19H19N. The van der Waals surface area contributed by atoms with Crippen LogP contribution in [0.4, 0.5) is 0 Å². The third-order valence-electron chi connectivity index (χ3n) is 3.16. The molecule has 0 radical (unpaired) electrons. The maximum absolute atomic E-state index is 5.48. The Balaban J connectivity index is 2.03. The molecule has 0 aromatic heterocycles. The van der Waals surface area contributed by atoms with Gasteiger partial charge in [-0.25, -0.2) is 0 Å². The van der Waals surface area contributed by atoms with Crippen molar-refractivity contribution >= 4 is 5.57 Å².